The van der Waals surface area contributed by atoms with Gasteiger partial charge in [0.2, 0.25) is 5.91 Å². The summed E-state index contributed by atoms with van der Waals surface area (Å²) in [4.78, 5) is 23.6. The summed E-state index contributed by atoms with van der Waals surface area (Å²) in [5, 5.41) is 12.3. The SMILES string of the molecule is CC1(NC(=O)CCc2ccc(Br)cc2)CCCCC1C(=O)O. The molecule has 1 amide bonds. The Kier molecular flexibility index (Phi) is 5.62. The van der Waals surface area contributed by atoms with Crippen LogP contribution < -0.4 is 5.32 Å². The van der Waals surface area contributed by atoms with Crippen molar-refractivity contribution in [2.24, 2.45) is 5.92 Å². The molecule has 1 fully saturated rings. The van der Waals surface area contributed by atoms with Gasteiger partial charge in [-0.25, -0.2) is 0 Å². The summed E-state index contributed by atoms with van der Waals surface area (Å²) in [5.74, 6) is -1.37. The van der Waals surface area contributed by atoms with Gasteiger partial charge >= 0.3 is 5.97 Å². The van der Waals surface area contributed by atoms with E-state index in [9.17, 15) is 14.7 Å². The number of nitrogens with one attached hydrogen (secondary N) is 1. The van der Waals surface area contributed by atoms with Crippen LogP contribution in [0.2, 0.25) is 0 Å². The summed E-state index contributed by atoms with van der Waals surface area (Å²) in [6.45, 7) is 1.86. The van der Waals surface area contributed by atoms with Crippen molar-refractivity contribution in [3.05, 3.63) is 34.3 Å². The molecule has 0 aliphatic heterocycles. The fourth-order valence-electron chi connectivity index (χ4n) is 3.17. The van der Waals surface area contributed by atoms with E-state index in [0.29, 0.717) is 19.3 Å². The molecule has 0 saturated heterocycles. The normalized spacial score (nSPS) is 24.7. The van der Waals surface area contributed by atoms with Gasteiger partial charge in [-0.3, -0.25) is 9.59 Å². The Bertz CT molecular complexity index is 543. The number of amides is 1. The molecule has 1 aromatic rings. The number of hydrogen-bond donors (Lipinski definition) is 2. The molecule has 4 nitrogen and oxygen atoms in total. The van der Waals surface area contributed by atoms with Gasteiger partial charge in [0.25, 0.3) is 0 Å². The Morgan fingerprint density at radius 3 is 2.64 bits per heavy atom. The maximum atomic E-state index is 12.2. The van der Waals surface area contributed by atoms with E-state index < -0.39 is 17.4 Å². The second-order valence-corrected chi connectivity index (χ2v) is 7.14. The maximum absolute atomic E-state index is 12.2. The monoisotopic (exact) mass is 367 g/mol. The second-order valence-electron chi connectivity index (χ2n) is 6.23. The van der Waals surface area contributed by atoms with E-state index in [0.717, 1.165) is 29.3 Å². The molecule has 0 radical (unpaired) electrons. The Hall–Kier alpha value is -1.36. The first-order chi connectivity index (χ1) is 10.4. The number of aliphatic carboxylic acids is 1. The van der Waals surface area contributed by atoms with Crippen LogP contribution in [-0.4, -0.2) is 22.5 Å². The summed E-state index contributed by atoms with van der Waals surface area (Å²) < 4.78 is 1.01. The molecule has 1 aromatic carbocycles. The van der Waals surface area contributed by atoms with Gasteiger partial charge < -0.3 is 10.4 Å². The Morgan fingerprint density at radius 1 is 1.32 bits per heavy atom. The number of carboxylic acid groups (broad SMARTS) is 1. The molecule has 1 aliphatic carbocycles. The van der Waals surface area contributed by atoms with Crippen LogP contribution >= 0.6 is 15.9 Å². The smallest absolute Gasteiger partial charge is 0.308 e. The van der Waals surface area contributed by atoms with E-state index in [1.54, 1.807) is 0 Å². The third-order valence-electron chi connectivity index (χ3n) is 4.49. The standard InChI is InChI=1S/C17H22BrNO3/c1-17(11-3-2-4-14(17)16(21)22)19-15(20)10-7-12-5-8-13(18)9-6-12/h5-6,8-9,14H,2-4,7,10-11H2,1H3,(H,19,20)(H,21,22). The highest BCUT2D eigenvalue weighted by molar-refractivity contribution is 9.10. The van der Waals surface area contributed by atoms with E-state index in [4.69, 9.17) is 0 Å². The predicted octanol–water partition coefficient (Wildman–Crippen LogP) is 3.53. The molecule has 2 atom stereocenters. The van der Waals surface area contributed by atoms with Crippen molar-refractivity contribution in [2.75, 3.05) is 0 Å². The number of carbonyl (C=O) groups is 2. The number of carboxylic acids is 1. The molecule has 22 heavy (non-hydrogen) atoms. The average molecular weight is 368 g/mol. The van der Waals surface area contributed by atoms with Crippen molar-refractivity contribution in [1.29, 1.82) is 0 Å². The topological polar surface area (TPSA) is 66.4 Å². The van der Waals surface area contributed by atoms with Crippen molar-refractivity contribution in [3.63, 3.8) is 0 Å². The van der Waals surface area contributed by atoms with Gasteiger partial charge in [-0.2, -0.15) is 0 Å². The molecule has 0 spiro atoms. The summed E-state index contributed by atoms with van der Waals surface area (Å²) >= 11 is 3.38. The Labute approximate surface area is 139 Å². The minimum Gasteiger partial charge on any atom is -0.481 e. The lowest BCUT2D eigenvalue weighted by Crippen LogP contribution is -2.55. The quantitative estimate of drug-likeness (QED) is 0.836. The molecule has 5 heteroatoms. The molecule has 2 N–H and O–H groups in total. The number of benzene rings is 1. The van der Waals surface area contributed by atoms with Gasteiger partial charge in [0.15, 0.2) is 0 Å². The summed E-state index contributed by atoms with van der Waals surface area (Å²) in [7, 11) is 0. The highest BCUT2D eigenvalue weighted by Gasteiger charge is 2.41. The minimum absolute atomic E-state index is 0.0708. The van der Waals surface area contributed by atoms with E-state index >= 15 is 0 Å². The van der Waals surface area contributed by atoms with Crippen LogP contribution in [0.15, 0.2) is 28.7 Å². The van der Waals surface area contributed by atoms with Crippen molar-refractivity contribution < 1.29 is 14.7 Å². The van der Waals surface area contributed by atoms with Crippen molar-refractivity contribution in [2.45, 2.75) is 51.0 Å². The predicted molar refractivity (Wildman–Crippen MR) is 88.6 cm³/mol. The van der Waals surface area contributed by atoms with E-state index in [1.807, 2.05) is 31.2 Å². The van der Waals surface area contributed by atoms with Gasteiger partial charge in [-0.1, -0.05) is 40.9 Å². The number of carbonyl (C=O) groups excluding carboxylic acids is 1. The molecule has 2 unspecified atom stereocenters. The molecular weight excluding hydrogens is 346 g/mol. The molecule has 2 rings (SSSR count). The minimum atomic E-state index is -0.810. The molecule has 1 aliphatic rings. The highest BCUT2D eigenvalue weighted by Crippen LogP contribution is 2.34. The zero-order valence-electron chi connectivity index (χ0n) is 12.8. The van der Waals surface area contributed by atoms with Gasteiger partial charge in [-0.05, 0) is 43.9 Å². The van der Waals surface area contributed by atoms with Crippen molar-refractivity contribution in [1.82, 2.24) is 5.32 Å². The van der Waals surface area contributed by atoms with Crippen molar-refractivity contribution >= 4 is 27.8 Å². The number of aryl methyl sites for hydroxylation is 1. The Balaban J connectivity index is 1.92. The first-order valence-corrected chi connectivity index (χ1v) is 8.48. The fraction of sp³-hybridized carbons (Fsp3) is 0.529. The van der Waals surface area contributed by atoms with Crippen LogP contribution in [0.5, 0.6) is 0 Å². The van der Waals surface area contributed by atoms with Crippen LogP contribution in [0.3, 0.4) is 0 Å². The van der Waals surface area contributed by atoms with E-state index in [-0.39, 0.29) is 5.91 Å². The number of hydrogen-bond acceptors (Lipinski definition) is 2. The molecular formula is C17H22BrNO3. The molecule has 0 heterocycles. The second kappa shape index (κ2) is 7.27. The third-order valence-corrected chi connectivity index (χ3v) is 5.01. The van der Waals surface area contributed by atoms with Gasteiger partial charge in [0, 0.05) is 10.9 Å². The molecule has 120 valence electrons. The molecule has 1 saturated carbocycles. The zero-order chi connectivity index (χ0) is 16.2. The lowest BCUT2D eigenvalue weighted by molar-refractivity contribution is -0.146. The van der Waals surface area contributed by atoms with Crippen molar-refractivity contribution in [3.8, 4) is 0 Å². The lowest BCUT2D eigenvalue weighted by Gasteiger charge is -2.39. The molecule has 0 aromatic heterocycles. The van der Waals surface area contributed by atoms with Gasteiger partial charge in [0.05, 0.1) is 11.5 Å². The number of halogens is 1. The highest BCUT2D eigenvalue weighted by atomic mass is 79.9. The van der Waals surface area contributed by atoms with Crippen LogP contribution in [0, 0.1) is 5.92 Å². The average Bonchev–Trinajstić information content (AvgIpc) is 2.46. The summed E-state index contributed by atoms with van der Waals surface area (Å²) in [6.07, 6.45) is 4.29. The van der Waals surface area contributed by atoms with Gasteiger partial charge in [-0.15, -0.1) is 0 Å². The fourth-order valence-corrected chi connectivity index (χ4v) is 3.43. The molecule has 0 bridgehead atoms. The van der Waals surface area contributed by atoms with E-state index in [1.165, 1.54) is 0 Å². The summed E-state index contributed by atoms with van der Waals surface area (Å²) in [6, 6.07) is 7.88. The number of rotatable bonds is 5. The van der Waals surface area contributed by atoms with E-state index in [2.05, 4.69) is 21.2 Å². The van der Waals surface area contributed by atoms with Crippen LogP contribution in [0.1, 0.15) is 44.6 Å². The third kappa shape index (κ3) is 4.32. The van der Waals surface area contributed by atoms with Gasteiger partial charge in [0.1, 0.15) is 0 Å². The summed E-state index contributed by atoms with van der Waals surface area (Å²) in [5.41, 5.74) is 0.475. The first kappa shape index (κ1) is 17.0. The van der Waals surface area contributed by atoms with Crippen LogP contribution in [-0.2, 0) is 16.0 Å². The maximum Gasteiger partial charge on any atom is 0.308 e. The lowest BCUT2D eigenvalue weighted by atomic mass is 9.74. The van der Waals surface area contributed by atoms with Crippen LogP contribution in [0.25, 0.3) is 0 Å². The zero-order valence-corrected chi connectivity index (χ0v) is 14.4. The first-order valence-electron chi connectivity index (χ1n) is 7.69. The largest absolute Gasteiger partial charge is 0.481 e. The van der Waals surface area contributed by atoms with Crippen LogP contribution in [0.4, 0.5) is 0 Å². The Morgan fingerprint density at radius 2 is 2.00 bits per heavy atom.